The van der Waals surface area contributed by atoms with Crippen LogP contribution in [0.15, 0.2) is 34.7 Å². The number of esters is 1. The van der Waals surface area contributed by atoms with Crippen LogP contribution in [0.2, 0.25) is 0 Å². The molecule has 1 unspecified atom stereocenters. The van der Waals surface area contributed by atoms with E-state index in [-0.39, 0.29) is 41.1 Å². The van der Waals surface area contributed by atoms with Crippen LogP contribution >= 0.6 is 11.6 Å². The Hall–Kier alpha value is -4.05. The second-order valence-corrected chi connectivity index (χ2v) is 8.36. The lowest BCUT2D eigenvalue weighted by Crippen LogP contribution is -2.29. The first kappa shape index (κ1) is 21.8. The highest BCUT2D eigenvalue weighted by Gasteiger charge is 2.38. The molecule has 0 bridgehead atoms. The summed E-state index contributed by atoms with van der Waals surface area (Å²) in [5, 5.41) is 22.7. The molecule has 174 valence electrons. The second-order valence-electron chi connectivity index (χ2n) is 8.05. The maximum atomic E-state index is 13.5. The van der Waals surface area contributed by atoms with E-state index in [0.29, 0.717) is 38.8 Å². The van der Waals surface area contributed by atoms with Crippen LogP contribution in [0.5, 0.6) is 5.75 Å². The number of carbonyl (C=O) groups excluding carboxylic acids is 2. The number of nitrogens with one attached hydrogen (secondary N) is 1. The molecule has 0 saturated carbocycles. The molecule has 3 heterocycles. The molecule has 5 rings (SSSR count). The molecule has 0 aliphatic carbocycles. The van der Waals surface area contributed by atoms with Crippen molar-refractivity contribution in [2.45, 2.75) is 12.8 Å². The molecule has 10 nitrogen and oxygen atoms in total. The number of nitrogens with zero attached hydrogens (tertiary/aromatic N) is 2. The molecule has 2 N–H and O–H groups in total. The number of aromatic hydroxyl groups is 1. The molecule has 1 aliphatic rings. The van der Waals surface area contributed by atoms with Crippen LogP contribution in [-0.4, -0.2) is 46.4 Å². The minimum atomic E-state index is -0.575. The topological polar surface area (TPSA) is 139 Å². The minimum absolute atomic E-state index is 0.0188. The zero-order valence-electron chi connectivity index (χ0n) is 18.0. The summed E-state index contributed by atoms with van der Waals surface area (Å²) in [4.78, 5) is 41.0. The van der Waals surface area contributed by atoms with Crippen molar-refractivity contribution in [3.05, 3.63) is 63.0 Å². The van der Waals surface area contributed by atoms with Gasteiger partial charge in [0.05, 0.1) is 28.8 Å². The van der Waals surface area contributed by atoms with E-state index >= 15 is 0 Å². The van der Waals surface area contributed by atoms with Gasteiger partial charge in [-0.1, -0.05) is 0 Å². The highest BCUT2D eigenvalue weighted by Crippen LogP contribution is 2.47. The number of carbonyl (C=O) groups is 2. The molecule has 2 aromatic carbocycles. The lowest BCUT2D eigenvalue weighted by Gasteiger charge is -2.16. The number of aryl methyl sites for hydroxylation is 1. The van der Waals surface area contributed by atoms with Crippen LogP contribution < -0.4 is 4.90 Å². The summed E-state index contributed by atoms with van der Waals surface area (Å²) in [6.07, 6.45) is 0. The number of phenols is 1. The monoisotopic (exact) mass is 483 g/mol. The predicted molar refractivity (Wildman–Crippen MR) is 124 cm³/mol. The van der Waals surface area contributed by atoms with Gasteiger partial charge in [0.25, 0.3) is 11.6 Å². The van der Waals surface area contributed by atoms with Crippen molar-refractivity contribution in [2.24, 2.45) is 0 Å². The van der Waals surface area contributed by atoms with Crippen molar-refractivity contribution in [1.29, 1.82) is 0 Å². The zero-order chi connectivity index (χ0) is 24.3. The normalized spacial score (nSPS) is 15.1. The Labute approximate surface area is 196 Å². The number of nitro benzene ring substituents is 1. The molecule has 0 fully saturated rings. The maximum absolute atomic E-state index is 13.5. The number of furan rings is 1. The molecule has 0 saturated heterocycles. The van der Waals surface area contributed by atoms with E-state index in [0.717, 1.165) is 0 Å². The number of methoxy groups -OCH3 is 1. The van der Waals surface area contributed by atoms with Crippen molar-refractivity contribution in [2.75, 3.05) is 24.4 Å². The lowest BCUT2D eigenvalue weighted by atomic mass is 9.95. The first-order chi connectivity index (χ1) is 16.2. The van der Waals surface area contributed by atoms with E-state index in [9.17, 15) is 24.8 Å². The van der Waals surface area contributed by atoms with Gasteiger partial charge in [-0.3, -0.25) is 14.9 Å². The fourth-order valence-corrected chi connectivity index (χ4v) is 4.85. The Morgan fingerprint density at radius 3 is 2.79 bits per heavy atom. The Bertz CT molecular complexity index is 1520. The molecule has 11 heteroatoms. The number of rotatable bonds is 4. The molecule has 1 atom stereocenters. The summed E-state index contributed by atoms with van der Waals surface area (Å²) < 4.78 is 10.6. The predicted octanol–water partition coefficient (Wildman–Crippen LogP) is 4.61. The Balaban J connectivity index is 1.66. The zero-order valence-corrected chi connectivity index (χ0v) is 18.8. The van der Waals surface area contributed by atoms with Gasteiger partial charge in [0, 0.05) is 53.0 Å². The van der Waals surface area contributed by atoms with Crippen LogP contribution in [0.3, 0.4) is 0 Å². The van der Waals surface area contributed by atoms with Gasteiger partial charge in [-0.15, -0.1) is 11.6 Å². The van der Waals surface area contributed by atoms with Crippen molar-refractivity contribution >= 4 is 56.7 Å². The first-order valence-corrected chi connectivity index (χ1v) is 10.8. The average molecular weight is 484 g/mol. The Morgan fingerprint density at radius 2 is 2.12 bits per heavy atom. The summed E-state index contributed by atoms with van der Waals surface area (Å²) in [7, 11) is 1.27. The van der Waals surface area contributed by atoms with Gasteiger partial charge >= 0.3 is 5.97 Å². The molecular weight excluding hydrogens is 466 g/mol. The van der Waals surface area contributed by atoms with E-state index in [2.05, 4.69) is 4.98 Å². The standard InChI is InChI=1S/C23H18ClN3O7/c1-10-18(23(30)33-2)20-19-12(8-24)9-26(14(19)7-15(28)21(20)25-10)22(29)17-6-11-5-13(27(31)32)3-4-16(11)34-17/h3-7,12,25,28H,8-9H2,1-2H3. The number of amides is 1. The SMILES string of the molecule is COC(=O)c1c(C)[nH]c2c(O)cc3c(c12)C(CCl)CN3C(=O)c1cc2cc([N+](=O)[O-])ccc2o1. The number of nitro groups is 1. The highest BCUT2D eigenvalue weighted by molar-refractivity contribution is 6.20. The third-order valence-corrected chi connectivity index (χ3v) is 6.48. The minimum Gasteiger partial charge on any atom is -0.506 e. The number of ether oxygens (including phenoxy) is 1. The Morgan fingerprint density at radius 1 is 1.35 bits per heavy atom. The van der Waals surface area contributed by atoms with Crippen molar-refractivity contribution in [1.82, 2.24) is 4.98 Å². The van der Waals surface area contributed by atoms with Gasteiger partial charge in [0.1, 0.15) is 11.3 Å². The fraction of sp³-hybridized carbons (Fsp3) is 0.217. The number of phenolic OH excluding ortho intramolecular Hbond substituents is 1. The van der Waals surface area contributed by atoms with E-state index in [1.54, 1.807) is 6.92 Å². The first-order valence-electron chi connectivity index (χ1n) is 10.3. The van der Waals surface area contributed by atoms with Crippen LogP contribution in [0.4, 0.5) is 11.4 Å². The molecule has 2 aromatic heterocycles. The molecule has 0 spiro atoms. The van der Waals surface area contributed by atoms with Gasteiger partial charge in [-0.2, -0.15) is 0 Å². The number of aromatic nitrogens is 1. The number of fused-ring (bicyclic) bond motifs is 4. The maximum Gasteiger partial charge on any atom is 0.340 e. The van der Waals surface area contributed by atoms with Crippen LogP contribution in [0.25, 0.3) is 21.9 Å². The smallest absolute Gasteiger partial charge is 0.340 e. The largest absolute Gasteiger partial charge is 0.506 e. The number of aromatic amines is 1. The summed E-state index contributed by atoms with van der Waals surface area (Å²) in [6, 6.07) is 6.95. The summed E-state index contributed by atoms with van der Waals surface area (Å²) in [5.41, 5.74) is 2.40. The van der Waals surface area contributed by atoms with Crippen LogP contribution in [0.1, 0.15) is 38.1 Å². The number of hydrogen-bond donors (Lipinski definition) is 2. The van der Waals surface area contributed by atoms with Crippen molar-refractivity contribution in [3.63, 3.8) is 0 Å². The highest BCUT2D eigenvalue weighted by atomic mass is 35.5. The van der Waals surface area contributed by atoms with Gasteiger partial charge in [-0.25, -0.2) is 4.79 Å². The number of alkyl halides is 1. The van der Waals surface area contributed by atoms with E-state index in [4.69, 9.17) is 20.8 Å². The number of anilines is 1. The molecule has 34 heavy (non-hydrogen) atoms. The van der Waals surface area contributed by atoms with Crippen molar-refractivity contribution < 1.29 is 28.8 Å². The number of non-ortho nitro benzene ring substituents is 1. The van der Waals surface area contributed by atoms with Crippen LogP contribution in [0, 0.1) is 17.0 Å². The lowest BCUT2D eigenvalue weighted by molar-refractivity contribution is -0.384. The van der Waals surface area contributed by atoms with E-state index in [1.165, 1.54) is 42.3 Å². The van der Waals surface area contributed by atoms with Crippen LogP contribution in [-0.2, 0) is 4.74 Å². The number of H-pyrrole nitrogens is 1. The second kappa shape index (κ2) is 7.77. The third kappa shape index (κ3) is 3.10. The van der Waals surface area contributed by atoms with E-state index in [1.807, 2.05) is 0 Å². The molecule has 0 radical (unpaired) electrons. The van der Waals surface area contributed by atoms with Gasteiger partial charge in [-0.05, 0) is 24.6 Å². The molecule has 1 amide bonds. The summed E-state index contributed by atoms with van der Waals surface area (Å²) in [6.45, 7) is 1.89. The number of benzene rings is 2. The summed E-state index contributed by atoms with van der Waals surface area (Å²) >= 11 is 6.26. The van der Waals surface area contributed by atoms with Gasteiger partial charge in [0.2, 0.25) is 0 Å². The molecule has 4 aromatic rings. The van der Waals surface area contributed by atoms with Gasteiger partial charge < -0.3 is 24.1 Å². The number of hydrogen-bond acceptors (Lipinski definition) is 7. The van der Waals surface area contributed by atoms with Crippen molar-refractivity contribution in [3.8, 4) is 5.75 Å². The number of halogens is 1. The average Bonchev–Trinajstić information content (AvgIpc) is 3.50. The quantitative estimate of drug-likeness (QED) is 0.187. The molecular formula is C23H18ClN3O7. The van der Waals surface area contributed by atoms with E-state index < -0.39 is 16.8 Å². The molecule has 1 aliphatic heterocycles. The van der Waals surface area contributed by atoms with Gasteiger partial charge in [0.15, 0.2) is 5.76 Å². The summed E-state index contributed by atoms with van der Waals surface area (Å²) in [5.74, 6) is -1.40. The Kier molecular flexibility index (Phi) is 4.98. The fourth-order valence-electron chi connectivity index (χ4n) is 4.60. The third-order valence-electron chi connectivity index (χ3n) is 6.11.